The van der Waals surface area contributed by atoms with Gasteiger partial charge >= 0.3 is 0 Å². The molecule has 0 aliphatic carbocycles. The van der Waals surface area contributed by atoms with Crippen molar-refractivity contribution in [1.29, 1.82) is 0 Å². The lowest BCUT2D eigenvalue weighted by molar-refractivity contribution is 0.170. The SMILES string of the molecule is CC(C)N1CCC(N(N)c2c(N)cnc3[nH]ccc23)CC1. The van der Waals surface area contributed by atoms with Gasteiger partial charge in [0.2, 0.25) is 0 Å². The summed E-state index contributed by atoms with van der Waals surface area (Å²) in [4.78, 5) is 9.90. The van der Waals surface area contributed by atoms with Crippen molar-refractivity contribution in [3.8, 4) is 0 Å². The molecule has 3 heterocycles. The van der Waals surface area contributed by atoms with Gasteiger partial charge in [-0.2, -0.15) is 0 Å². The highest BCUT2D eigenvalue weighted by Crippen LogP contribution is 2.32. The van der Waals surface area contributed by atoms with Crippen LogP contribution in [-0.2, 0) is 0 Å². The average molecular weight is 288 g/mol. The van der Waals surface area contributed by atoms with Crippen LogP contribution in [0.5, 0.6) is 0 Å². The van der Waals surface area contributed by atoms with Gasteiger partial charge in [-0.3, -0.25) is 0 Å². The molecule has 0 spiro atoms. The Morgan fingerprint density at radius 3 is 2.76 bits per heavy atom. The second-order valence-corrected chi connectivity index (χ2v) is 6.07. The Morgan fingerprint density at radius 1 is 1.38 bits per heavy atom. The lowest BCUT2D eigenvalue weighted by Gasteiger charge is -2.39. The number of nitrogens with zero attached hydrogens (tertiary/aromatic N) is 3. The molecule has 3 rings (SSSR count). The predicted molar refractivity (Wildman–Crippen MR) is 86.9 cm³/mol. The number of nitrogen functional groups attached to an aromatic ring is 1. The van der Waals surface area contributed by atoms with E-state index in [-0.39, 0.29) is 0 Å². The maximum absolute atomic E-state index is 6.41. The van der Waals surface area contributed by atoms with Gasteiger partial charge in [-0.25, -0.2) is 10.8 Å². The molecule has 1 fully saturated rings. The van der Waals surface area contributed by atoms with E-state index >= 15 is 0 Å². The van der Waals surface area contributed by atoms with Crippen molar-refractivity contribution >= 4 is 22.4 Å². The van der Waals surface area contributed by atoms with Crippen LogP contribution in [0.2, 0.25) is 0 Å². The summed E-state index contributed by atoms with van der Waals surface area (Å²) >= 11 is 0. The van der Waals surface area contributed by atoms with Gasteiger partial charge in [0.25, 0.3) is 0 Å². The fourth-order valence-electron chi connectivity index (χ4n) is 3.16. The molecule has 0 amide bonds. The van der Waals surface area contributed by atoms with E-state index in [0.717, 1.165) is 42.7 Å². The van der Waals surface area contributed by atoms with Crippen LogP contribution in [0, 0.1) is 0 Å². The van der Waals surface area contributed by atoms with Gasteiger partial charge in [0.1, 0.15) is 5.65 Å². The molecule has 0 unspecified atom stereocenters. The average Bonchev–Trinajstić information content (AvgIpc) is 2.95. The number of nitrogens with one attached hydrogen (secondary N) is 1. The maximum Gasteiger partial charge on any atom is 0.139 e. The molecule has 6 nitrogen and oxygen atoms in total. The maximum atomic E-state index is 6.41. The molecule has 0 aromatic carbocycles. The van der Waals surface area contributed by atoms with Gasteiger partial charge in [0, 0.05) is 36.8 Å². The summed E-state index contributed by atoms with van der Waals surface area (Å²) in [6.45, 7) is 6.64. The molecule has 1 saturated heterocycles. The highest BCUT2D eigenvalue weighted by molar-refractivity contribution is 5.96. The first-order valence-electron chi connectivity index (χ1n) is 7.57. The number of H-pyrrole nitrogens is 1. The number of rotatable bonds is 3. The van der Waals surface area contributed by atoms with E-state index < -0.39 is 0 Å². The van der Waals surface area contributed by atoms with Crippen LogP contribution < -0.4 is 16.6 Å². The molecule has 114 valence electrons. The monoisotopic (exact) mass is 288 g/mol. The number of pyridine rings is 1. The molecule has 2 aromatic rings. The van der Waals surface area contributed by atoms with E-state index in [0.29, 0.717) is 17.8 Å². The van der Waals surface area contributed by atoms with E-state index in [4.69, 9.17) is 11.6 Å². The van der Waals surface area contributed by atoms with Gasteiger partial charge in [0.15, 0.2) is 0 Å². The Hall–Kier alpha value is -1.79. The van der Waals surface area contributed by atoms with Gasteiger partial charge in [-0.05, 0) is 32.8 Å². The zero-order chi connectivity index (χ0) is 15.0. The van der Waals surface area contributed by atoms with Crippen LogP contribution in [0.25, 0.3) is 11.0 Å². The second-order valence-electron chi connectivity index (χ2n) is 6.07. The van der Waals surface area contributed by atoms with E-state index in [1.165, 1.54) is 0 Å². The van der Waals surface area contributed by atoms with Crippen LogP contribution in [0.15, 0.2) is 18.5 Å². The lowest BCUT2D eigenvalue weighted by atomic mass is 10.0. The van der Waals surface area contributed by atoms with Gasteiger partial charge in [-0.15, -0.1) is 0 Å². The second kappa shape index (κ2) is 5.54. The quantitative estimate of drug-likeness (QED) is 0.591. The molecule has 0 bridgehead atoms. The van der Waals surface area contributed by atoms with Crippen LogP contribution in [0.1, 0.15) is 26.7 Å². The van der Waals surface area contributed by atoms with Crippen molar-refractivity contribution in [2.75, 3.05) is 23.8 Å². The Kier molecular flexibility index (Phi) is 3.73. The van der Waals surface area contributed by atoms with Crippen molar-refractivity contribution in [1.82, 2.24) is 14.9 Å². The van der Waals surface area contributed by atoms with E-state index in [1.807, 2.05) is 17.3 Å². The third-order valence-electron chi connectivity index (χ3n) is 4.47. The first-order chi connectivity index (χ1) is 10.1. The number of hydrogen-bond donors (Lipinski definition) is 3. The highest BCUT2D eigenvalue weighted by Gasteiger charge is 2.26. The number of hydrazine groups is 1. The van der Waals surface area contributed by atoms with Crippen LogP contribution >= 0.6 is 0 Å². The number of aromatic amines is 1. The Morgan fingerprint density at radius 2 is 2.10 bits per heavy atom. The molecule has 0 radical (unpaired) electrons. The molecule has 6 heteroatoms. The summed E-state index contributed by atoms with van der Waals surface area (Å²) in [7, 11) is 0. The summed E-state index contributed by atoms with van der Waals surface area (Å²) in [5.74, 6) is 6.41. The summed E-state index contributed by atoms with van der Waals surface area (Å²) in [5.41, 5.74) is 8.48. The summed E-state index contributed by atoms with van der Waals surface area (Å²) in [6.07, 6.45) is 5.66. The number of nitrogens with two attached hydrogens (primary N) is 2. The first kappa shape index (κ1) is 14.2. The van der Waals surface area contributed by atoms with E-state index in [9.17, 15) is 0 Å². The Bertz CT molecular complexity index is 612. The summed E-state index contributed by atoms with van der Waals surface area (Å²) < 4.78 is 0. The number of anilines is 2. The van der Waals surface area contributed by atoms with E-state index in [1.54, 1.807) is 6.20 Å². The summed E-state index contributed by atoms with van der Waals surface area (Å²) in [6, 6.07) is 2.90. The Labute approximate surface area is 125 Å². The lowest BCUT2D eigenvalue weighted by Crippen LogP contribution is -2.50. The van der Waals surface area contributed by atoms with Crippen molar-refractivity contribution in [2.45, 2.75) is 38.8 Å². The fraction of sp³-hybridized carbons (Fsp3) is 0.533. The number of aromatic nitrogens is 2. The smallest absolute Gasteiger partial charge is 0.139 e. The Balaban J connectivity index is 1.83. The van der Waals surface area contributed by atoms with Gasteiger partial charge in [0.05, 0.1) is 17.6 Å². The van der Waals surface area contributed by atoms with Crippen molar-refractivity contribution < 1.29 is 0 Å². The topological polar surface area (TPSA) is 87.2 Å². The molecular weight excluding hydrogens is 264 g/mol. The highest BCUT2D eigenvalue weighted by atomic mass is 15.4. The molecule has 2 aromatic heterocycles. The van der Waals surface area contributed by atoms with Crippen molar-refractivity contribution in [3.63, 3.8) is 0 Å². The minimum atomic E-state index is 0.322. The number of hydrogen-bond acceptors (Lipinski definition) is 5. The van der Waals surface area contributed by atoms with Crippen molar-refractivity contribution in [2.24, 2.45) is 5.84 Å². The molecular formula is C15H24N6. The number of likely N-dealkylation sites (tertiary alicyclic amines) is 1. The zero-order valence-electron chi connectivity index (χ0n) is 12.7. The molecule has 1 aliphatic rings. The largest absolute Gasteiger partial charge is 0.396 e. The molecule has 0 saturated carbocycles. The van der Waals surface area contributed by atoms with Gasteiger partial charge < -0.3 is 20.6 Å². The number of piperidine rings is 1. The molecule has 1 aliphatic heterocycles. The van der Waals surface area contributed by atoms with Crippen LogP contribution in [0.3, 0.4) is 0 Å². The normalized spacial score (nSPS) is 17.7. The minimum absolute atomic E-state index is 0.322. The molecule has 21 heavy (non-hydrogen) atoms. The molecule has 0 atom stereocenters. The third-order valence-corrected chi connectivity index (χ3v) is 4.47. The minimum Gasteiger partial charge on any atom is -0.396 e. The number of fused-ring (bicyclic) bond motifs is 1. The standard InChI is InChI=1S/C15H24N6/c1-10(2)20-7-4-11(5-8-20)21(17)14-12-3-6-18-15(12)19-9-13(14)16/h3,6,9-11H,4-5,7-8,16-17H2,1-2H3,(H,18,19). The first-order valence-corrected chi connectivity index (χ1v) is 7.57. The van der Waals surface area contributed by atoms with E-state index in [2.05, 4.69) is 28.7 Å². The fourth-order valence-corrected chi connectivity index (χ4v) is 3.16. The zero-order valence-corrected chi connectivity index (χ0v) is 12.7. The van der Waals surface area contributed by atoms with Crippen LogP contribution in [-0.4, -0.2) is 40.0 Å². The van der Waals surface area contributed by atoms with Crippen LogP contribution in [0.4, 0.5) is 11.4 Å². The van der Waals surface area contributed by atoms with Crippen molar-refractivity contribution in [3.05, 3.63) is 18.5 Å². The third kappa shape index (κ3) is 2.56. The summed E-state index contributed by atoms with van der Waals surface area (Å²) in [5, 5.41) is 2.84. The predicted octanol–water partition coefficient (Wildman–Crippen LogP) is 1.70. The van der Waals surface area contributed by atoms with Gasteiger partial charge in [-0.1, -0.05) is 0 Å². The molecule has 5 N–H and O–H groups in total.